The number of carbonyl (C=O) groups is 1. The van der Waals surface area contributed by atoms with E-state index in [0.717, 1.165) is 4.57 Å². The number of carbonyl (C=O) groups excluding carboxylic acids is 1. The Morgan fingerprint density at radius 3 is 2.36 bits per heavy atom. The van der Waals surface area contributed by atoms with E-state index >= 15 is 0 Å². The molecule has 2 rings (SSSR count). The Morgan fingerprint density at radius 2 is 1.77 bits per heavy atom. The summed E-state index contributed by atoms with van der Waals surface area (Å²) in [6.07, 6.45) is 0. The summed E-state index contributed by atoms with van der Waals surface area (Å²) in [5.41, 5.74) is 0.0718. The van der Waals surface area contributed by atoms with Crippen LogP contribution in [-0.4, -0.2) is 22.2 Å². The number of methoxy groups -OCH3 is 1. The predicted molar refractivity (Wildman–Crippen MR) is 81.1 cm³/mol. The molecule has 0 aliphatic carbocycles. The molecule has 2 aromatic rings. The van der Waals surface area contributed by atoms with Crippen molar-refractivity contribution >= 4 is 5.91 Å². The molecule has 7 nitrogen and oxygen atoms in total. The van der Waals surface area contributed by atoms with Crippen LogP contribution in [0.25, 0.3) is 0 Å². The van der Waals surface area contributed by atoms with Gasteiger partial charge < -0.3 is 10.1 Å². The van der Waals surface area contributed by atoms with Gasteiger partial charge in [0.1, 0.15) is 5.75 Å². The zero-order valence-electron chi connectivity index (χ0n) is 12.6. The van der Waals surface area contributed by atoms with E-state index in [1.165, 1.54) is 17.7 Å². The second-order valence-electron chi connectivity index (χ2n) is 4.79. The lowest BCUT2D eigenvalue weighted by atomic mass is 10.2. The third-order valence-electron chi connectivity index (χ3n) is 3.41. The average Bonchev–Trinajstić information content (AvgIpc) is 2.54. The molecular weight excluding hydrogens is 286 g/mol. The van der Waals surface area contributed by atoms with Crippen LogP contribution in [0.15, 0.2) is 39.9 Å². The van der Waals surface area contributed by atoms with Gasteiger partial charge in [-0.2, -0.15) is 0 Å². The van der Waals surface area contributed by atoms with Crippen molar-refractivity contribution < 1.29 is 9.53 Å². The fourth-order valence-corrected chi connectivity index (χ4v) is 1.96. The Labute approximate surface area is 126 Å². The number of ether oxygens (including phenoxy) is 1. The van der Waals surface area contributed by atoms with Gasteiger partial charge in [0, 0.05) is 31.4 Å². The fraction of sp³-hybridized carbons (Fsp3) is 0.267. The van der Waals surface area contributed by atoms with Crippen LogP contribution in [-0.2, 0) is 20.6 Å². The van der Waals surface area contributed by atoms with E-state index in [0.29, 0.717) is 17.0 Å². The molecule has 0 atom stereocenters. The first-order chi connectivity index (χ1) is 10.4. The molecule has 0 unspecified atom stereocenters. The monoisotopic (exact) mass is 303 g/mol. The molecule has 1 N–H and O–H groups in total. The van der Waals surface area contributed by atoms with E-state index in [4.69, 9.17) is 4.74 Å². The van der Waals surface area contributed by atoms with Crippen molar-refractivity contribution in [2.45, 2.75) is 6.54 Å². The van der Waals surface area contributed by atoms with Crippen molar-refractivity contribution in [3.8, 4) is 5.75 Å². The van der Waals surface area contributed by atoms with Crippen LogP contribution in [0.2, 0.25) is 0 Å². The van der Waals surface area contributed by atoms with Crippen molar-refractivity contribution in [1.29, 1.82) is 0 Å². The quantitative estimate of drug-likeness (QED) is 0.863. The van der Waals surface area contributed by atoms with Crippen molar-refractivity contribution in [2.24, 2.45) is 14.1 Å². The van der Waals surface area contributed by atoms with Gasteiger partial charge in [0.2, 0.25) is 0 Å². The molecule has 7 heteroatoms. The largest absolute Gasteiger partial charge is 0.497 e. The van der Waals surface area contributed by atoms with E-state index in [1.807, 2.05) is 0 Å². The van der Waals surface area contributed by atoms with Gasteiger partial charge in [0.25, 0.3) is 11.5 Å². The van der Waals surface area contributed by atoms with Crippen molar-refractivity contribution in [3.05, 3.63) is 62.4 Å². The van der Waals surface area contributed by atoms with Gasteiger partial charge in [0.05, 0.1) is 13.7 Å². The molecule has 1 amide bonds. The maximum Gasteiger partial charge on any atom is 0.330 e. The van der Waals surface area contributed by atoms with E-state index < -0.39 is 11.2 Å². The second kappa shape index (κ2) is 6.30. The summed E-state index contributed by atoms with van der Waals surface area (Å²) in [4.78, 5) is 35.5. The maximum absolute atomic E-state index is 12.0. The topological polar surface area (TPSA) is 82.3 Å². The molecule has 1 aromatic carbocycles. The van der Waals surface area contributed by atoms with Crippen LogP contribution in [0.5, 0.6) is 5.75 Å². The third-order valence-corrected chi connectivity index (χ3v) is 3.41. The first kappa shape index (κ1) is 15.6. The van der Waals surface area contributed by atoms with Gasteiger partial charge in [-0.25, -0.2) is 4.79 Å². The SMILES string of the molecule is COc1ccc(C(=O)NCc2cc(=O)n(C)c(=O)n2C)cc1. The molecular formula is C15H17N3O4. The normalized spacial score (nSPS) is 10.3. The molecule has 0 fully saturated rings. The molecule has 0 aliphatic rings. The Bertz CT molecular complexity index is 803. The Morgan fingerprint density at radius 1 is 1.14 bits per heavy atom. The van der Waals surface area contributed by atoms with Gasteiger partial charge >= 0.3 is 5.69 Å². The zero-order valence-corrected chi connectivity index (χ0v) is 12.6. The van der Waals surface area contributed by atoms with E-state index in [2.05, 4.69) is 5.32 Å². The lowest BCUT2D eigenvalue weighted by Gasteiger charge is -2.10. The molecule has 0 aliphatic heterocycles. The highest BCUT2D eigenvalue weighted by Crippen LogP contribution is 2.11. The van der Waals surface area contributed by atoms with E-state index in [1.54, 1.807) is 38.4 Å². The van der Waals surface area contributed by atoms with Gasteiger partial charge in [-0.3, -0.25) is 18.7 Å². The van der Waals surface area contributed by atoms with Gasteiger partial charge in [0.15, 0.2) is 0 Å². The predicted octanol–water partition coefficient (Wildman–Crippen LogP) is 0.0226. The molecule has 116 valence electrons. The first-order valence-corrected chi connectivity index (χ1v) is 6.62. The third kappa shape index (κ3) is 3.08. The van der Waals surface area contributed by atoms with Crippen LogP contribution in [0.4, 0.5) is 0 Å². The molecule has 0 bridgehead atoms. The number of benzene rings is 1. The fourth-order valence-electron chi connectivity index (χ4n) is 1.96. The lowest BCUT2D eigenvalue weighted by molar-refractivity contribution is 0.0950. The summed E-state index contributed by atoms with van der Waals surface area (Å²) in [6.45, 7) is 0.0900. The smallest absolute Gasteiger partial charge is 0.330 e. The van der Waals surface area contributed by atoms with Crippen LogP contribution in [0, 0.1) is 0 Å². The number of aromatic nitrogens is 2. The van der Waals surface area contributed by atoms with Crippen molar-refractivity contribution in [2.75, 3.05) is 7.11 Å². The van der Waals surface area contributed by atoms with Crippen LogP contribution < -0.4 is 21.3 Å². The summed E-state index contributed by atoms with van der Waals surface area (Å²) < 4.78 is 7.36. The number of rotatable bonds is 4. The summed E-state index contributed by atoms with van der Waals surface area (Å²) in [7, 11) is 4.51. The van der Waals surface area contributed by atoms with Crippen LogP contribution >= 0.6 is 0 Å². The summed E-state index contributed by atoms with van der Waals surface area (Å²) in [6, 6.07) is 7.97. The highest BCUT2D eigenvalue weighted by molar-refractivity contribution is 5.94. The minimum atomic E-state index is -0.429. The Hall–Kier alpha value is -2.83. The lowest BCUT2D eigenvalue weighted by Crippen LogP contribution is -2.39. The molecule has 1 aromatic heterocycles. The first-order valence-electron chi connectivity index (χ1n) is 6.62. The molecule has 22 heavy (non-hydrogen) atoms. The van der Waals surface area contributed by atoms with Crippen molar-refractivity contribution in [3.63, 3.8) is 0 Å². The van der Waals surface area contributed by atoms with E-state index in [-0.39, 0.29) is 12.5 Å². The van der Waals surface area contributed by atoms with Gasteiger partial charge in [-0.05, 0) is 24.3 Å². The Kier molecular flexibility index (Phi) is 4.45. The Balaban J connectivity index is 2.14. The molecule has 0 radical (unpaired) electrons. The molecule has 0 spiro atoms. The minimum absolute atomic E-state index is 0.0900. The zero-order chi connectivity index (χ0) is 16.3. The molecule has 0 saturated heterocycles. The average molecular weight is 303 g/mol. The number of hydrogen-bond acceptors (Lipinski definition) is 4. The van der Waals surface area contributed by atoms with Gasteiger partial charge in [-0.15, -0.1) is 0 Å². The van der Waals surface area contributed by atoms with Crippen LogP contribution in [0.3, 0.4) is 0 Å². The van der Waals surface area contributed by atoms with Crippen LogP contribution in [0.1, 0.15) is 16.1 Å². The standard InChI is InChI=1S/C15H17N3O4/c1-17-11(8-13(19)18(2)15(17)21)9-16-14(20)10-4-6-12(22-3)7-5-10/h4-8H,9H2,1-3H3,(H,16,20). The maximum atomic E-state index is 12.0. The number of nitrogens with one attached hydrogen (secondary N) is 1. The summed E-state index contributed by atoms with van der Waals surface area (Å²) in [5.74, 6) is 0.362. The minimum Gasteiger partial charge on any atom is -0.497 e. The van der Waals surface area contributed by atoms with Gasteiger partial charge in [-0.1, -0.05) is 0 Å². The number of amides is 1. The number of nitrogens with zero attached hydrogens (tertiary/aromatic N) is 2. The molecule has 1 heterocycles. The molecule has 0 saturated carbocycles. The summed E-state index contributed by atoms with van der Waals surface area (Å²) >= 11 is 0. The highest BCUT2D eigenvalue weighted by atomic mass is 16.5. The summed E-state index contributed by atoms with van der Waals surface area (Å²) in [5, 5.41) is 2.68. The van der Waals surface area contributed by atoms with Crippen molar-refractivity contribution in [1.82, 2.24) is 14.5 Å². The number of hydrogen-bond donors (Lipinski definition) is 1. The highest BCUT2D eigenvalue weighted by Gasteiger charge is 2.09. The second-order valence-corrected chi connectivity index (χ2v) is 4.79. The van der Waals surface area contributed by atoms with E-state index in [9.17, 15) is 14.4 Å².